The van der Waals surface area contributed by atoms with Gasteiger partial charge in [0.2, 0.25) is 0 Å². The number of carbonyl (C=O) groups is 2. The van der Waals surface area contributed by atoms with E-state index in [2.05, 4.69) is 10.6 Å². The molecular weight excluding hydrogens is 368 g/mol. The molecule has 0 radical (unpaired) electrons. The molecule has 0 heterocycles. The van der Waals surface area contributed by atoms with Crippen LogP contribution in [0.25, 0.3) is 0 Å². The molecular formula is C23H22N2O4. The van der Waals surface area contributed by atoms with E-state index in [4.69, 9.17) is 9.47 Å². The lowest BCUT2D eigenvalue weighted by Crippen LogP contribution is -2.15. The van der Waals surface area contributed by atoms with E-state index in [-0.39, 0.29) is 11.8 Å². The van der Waals surface area contributed by atoms with Gasteiger partial charge in [-0.15, -0.1) is 0 Å². The maximum atomic E-state index is 12.7. The highest BCUT2D eigenvalue weighted by Crippen LogP contribution is 2.26. The van der Waals surface area contributed by atoms with Crippen molar-refractivity contribution in [1.82, 2.24) is 0 Å². The molecule has 0 aliphatic carbocycles. The summed E-state index contributed by atoms with van der Waals surface area (Å²) in [4.78, 5) is 25.0. The molecule has 3 rings (SSSR count). The second-order valence-corrected chi connectivity index (χ2v) is 6.37. The van der Waals surface area contributed by atoms with E-state index in [9.17, 15) is 9.59 Å². The van der Waals surface area contributed by atoms with E-state index in [0.29, 0.717) is 34.0 Å². The van der Waals surface area contributed by atoms with Crippen molar-refractivity contribution in [3.05, 3.63) is 83.4 Å². The van der Waals surface area contributed by atoms with E-state index < -0.39 is 0 Å². The number of carbonyl (C=O) groups excluding carboxylic acids is 2. The zero-order chi connectivity index (χ0) is 20.8. The van der Waals surface area contributed by atoms with Crippen molar-refractivity contribution in [2.75, 3.05) is 24.9 Å². The van der Waals surface area contributed by atoms with Gasteiger partial charge in [-0.1, -0.05) is 18.2 Å². The van der Waals surface area contributed by atoms with Gasteiger partial charge in [0, 0.05) is 23.0 Å². The van der Waals surface area contributed by atoms with Crippen LogP contribution in [0, 0.1) is 6.92 Å². The van der Waals surface area contributed by atoms with Gasteiger partial charge in [0.1, 0.15) is 11.5 Å². The second-order valence-electron chi connectivity index (χ2n) is 6.37. The average Bonchev–Trinajstić information content (AvgIpc) is 2.75. The van der Waals surface area contributed by atoms with Crippen LogP contribution in [-0.2, 0) is 0 Å². The predicted octanol–water partition coefficient (Wildman–Crippen LogP) is 4.52. The van der Waals surface area contributed by atoms with Crippen LogP contribution in [0.15, 0.2) is 66.7 Å². The molecule has 3 aromatic rings. The molecule has 6 nitrogen and oxygen atoms in total. The van der Waals surface area contributed by atoms with Crippen molar-refractivity contribution >= 4 is 23.2 Å². The number of methoxy groups -OCH3 is 2. The second kappa shape index (κ2) is 8.93. The van der Waals surface area contributed by atoms with Crippen molar-refractivity contribution in [2.45, 2.75) is 6.92 Å². The summed E-state index contributed by atoms with van der Waals surface area (Å²) in [6, 6.07) is 19.3. The van der Waals surface area contributed by atoms with E-state index in [1.165, 1.54) is 7.11 Å². The standard InChI is InChI=1S/C23H22N2O4/c1-15-13-17(9-12-20(15)25-22(26)16-7-5-4-6-8-16)24-23(27)19-11-10-18(28-2)14-21(19)29-3/h4-14H,1-3H3,(H,24,27)(H,25,26). The van der Waals surface area contributed by atoms with Gasteiger partial charge in [0.15, 0.2) is 0 Å². The summed E-state index contributed by atoms with van der Waals surface area (Å²) >= 11 is 0. The average molecular weight is 390 g/mol. The molecule has 0 spiro atoms. The first-order chi connectivity index (χ1) is 14.0. The zero-order valence-corrected chi connectivity index (χ0v) is 16.5. The Labute approximate surface area is 169 Å². The van der Waals surface area contributed by atoms with Crippen molar-refractivity contribution < 1.29 is 19.1 Å². The lowest BCUT2D eigenvalue weighted by Gasteiger charge is -2.13. The van der Waals surface area contributed by atoms with Gasteiger partial charge in [-0.25, -0.2) is 0 Å². The first-order valence-electron chi connectivity index (χ1n) is 9.02. The van der Waals surface area contributed by atoms with Gasteiger partial charge in [-0.2, -0.15) is 0 Å². The highest BCUT2D eigenvalue weighted by Gasteiger charge is 2.14. The molecule has 0 unspecified atom stereocenters. The third-order valence-electron chi connectivity index (χ3n) is 4.42. The number of hydrogen-bond acceptors (Lipinski definition) is 4. The summed E-state index contributed by atoms with van der Waals surface area (Å²) in [7, 11) is 3.05. The maximum Gasteiger partial charge on any atom is 0.259 e. The number of aryl methyl sites for hydroxylation is 1. The highest BCUT2D eigenvalue weighted by molar-refractivity contribution is 6.07. The lowest BCUT2D eigenvalue weighted by molar-refractivity contribution is 0.101. The lowest BCUT2D eigenvalue weighted by atomic mass is 10.1. The van der Waals surface area contributed by atoms with Gasteiger partial charge >= 0.3 is 0 Å². The first kappa shape index (κ1) is 19.9. The Morgan fingerprint density at radius 2 is 1.55 bits per heavy atom. The summed E-state index contributed by atoms with van der Waals surface area (Å²) in [5.74, 6) is 0.538. The number of benzene rings is 3. The molecule has 29 heavy (non-hydrogen) atoms. The van der Waals surface area contributed by atoms with Gasteiger partial charge in [0.25, 0.3) is 11.8 Å². The van der Waals surface area contributed by atoms with Crippen LogP contribution in [0.2, 0.25) is 0 Å². The SMILES string of the molecule is COc1ccc(C(=O)Nc2ccc(NC(=O)c3ccccc3)c(C)c2)c(OC)c1. The summed E-state index contributed by atoms with van der Waals surface area (Å²) in [5.41, 5.74) is 3.10. The summed E-state index contributed by atoms with van der Waals surface area (Å²) in [6.07, 6.45) is 0. The van der Waals surface area contributed by atoms with Crippen molar-refractivity contribution in [3.63, 3.8) is 0 Å². The molecule has 0 fully saturated rings. The molecule has 0 atom stereocenters. The minimum absolute atomic E-state index is 0.187. The molecule has 6 heteroatoms. The number of rotatable bonds is 6. The maximum absolute atomic E-state index is 12.7. The van der Waals surface area contributed by atoms with Crippen molar-refractivity contribution in [1.29, 1.82) is 0 Å². The van der Waals surface area contributed by atoms with Gasteiger partial charge in [0.05, 0.1) is 19.8 Å². The van der Waals surface area contributed by atoms with Crippen molar-refractivity contribution in [2.24, 2.45) is 0 Å². The van der Waals surface area contributed by atoms with Crippen LogP contribution < -0.4 is 20.1 Å². The number of amides is 2. The fourth-order valence-corrected chi connectivity index (χ4v) is 2.85. The van der Waals surface area contributed by atoms with Crippen LogP contribution in [0.1, 0.15) is 26.3 Å². The summed E-state index contributed by atoms with van der Waals surface area (Å²) in [6.45, 7) is 1.87. The molecule has 0 saturated heterocycles. The molecule has 0 aromatic heterocycles. The Kier molecular flexibility index (Phi) is 6.14. The quantitative estimate of drug-likeness (QED) is 0.649. The molecule has 0 aliphatic rings. The Morgan fingerprint density at radius 1 is 0.793 bits per heavy atom. The minimum Gasteiger partial charge on any atom is -0.497 e. The van der Waals surface area contributed by atoms with Gasteiger partial charge in [-0.3, -0.25) is 9.59 Å². The Hall–Kier alpha value is -3.80. The van der Waals surface area contributed by atoms with Gasteiger partial charge < -0.3 is 20.1 Å². The molecule has 0 saturated carbocycles. The molecule has 148 valence electrons. The van der Waals surface area contributed by atoms with Crippen molar-refractivity contribution in [3.8, 4) is 11.5 Å². The molecule has 0 aliphatic heterocycles. The fourth-order valence-electron chi connectivity index (χ4n) is 2.85. The smallest absolute Gasteiger partial charge is 0.259 e. The van der Waals surface area contributed by atoms with E-state index in [0.717, 1.165) is 5.56 Å². The third kappa shape index (κ3) is 4.73. The van der Waals surface area contributed by atoms with Crippen LogP contribution in [0.3, 0.4) is 0 Å². The number of anilines is 2. The number of nitrogens with one attached hydrogen (secondary N) is 2. The number of hydrogen-bond donors (Lipinski definition) is 2. The van der Waals surface area contributed by atoms with E-state index in [1.807, 2.05) is 25.1 Å². The molecule has 0 bridgehead atoms. The monoisotopic (exact) mass is 390 g/mol. The zero-order valence-electron chi connectivity index (χ0n) is 16.5. The third-order valence-corrected chi connectivity index (χ3v) is 4.42. The van der Waals surface area contributed by atoms with Gasteiger partial charge in [-0.05, 0) is 55.0 Å². The molecule has 2 N–H and O–H groups in total. The minimum atomic E-state index is -0.301. The predicted molar refractivity (Wildman–Crippen MR) is 113 cm³/mol. The Balaban J connectivity index is 1.74. The van der Waals surface area contributed by atoms with Crippen LogP contribution >= 0.6 is 0 Å². The first-order valence-corrected chi connectivity index (χ1v) is 9.02. The highest BCUT2D eigenvalue weighted by atomic mass is 16.5. The fraction of sp³-hybridized carbons (Fsp3) is 0.130. The van der Waals surface area contributed by atoms with E-state index >= 15 is 0 Å². The summed E-state index contributed by atoms with van der Waals surface area (Å²) < 4.78 is 10.4. The van der Waals surface area contributed by atoms with Crippen LogP contribution in [-0.4, -0.2) is 26.0 Å². The van der Waals surface area contributed by atoms with E-state index in [1.54, 1.807) is 55.6 Å². The van der Waals surface area contributed by atoms with Crippen LogP contribution in [0.5, 0.6) is 11.5 Å². The summed E-state index contributed by atoms with van der Waals surface area (Å²) in [5, 5.41) is 5.74. The topological polar surface area (TPSA) is 76.7 Å². The molecule has 3 aromatic carbocycles. The normalized spacial score (nSPS) is 10.2. The molecule has 2 amide bonds. The Morgan fingerprint density at radius 3 is 2.21 bits per heavy atom. The number of ether oxygens (including phenoxy) is 2. The Bertz CT molecular complexity index is 1030. The van der Waals surface area contributed by atoms with Crippen LogP contribution in [0.4, 0.5) is 11.4 Å². The largest absolute Gasteiger partial charge is 0.497 e.